The van der Waals surface area contributed by atoms with E-state index in [1.54, 1.807) is 20.8 Å². The first-order valence-electron chi connectivity index (χ1n) is 8.37. The Balaban J connectivity index is 1.73. The van der Waals surface area contributed by atoms with Crippen LogP contribution < -0.4 is 5.32 Å². The molecule has 2 aromatic rings. The summed E-state index contributed by atoms with van der Waals surface area (Å²) in [7, 11) is 0. The van der Waals surface area contributed by atoms with Crippen LogP contribution in [0.25, 0.3) is 10.6 Å². The molecule has 1 aromatic heterocycles. The van der Waals surface area contributed by atoms with Gasteiger partial charge in [-0.3, -0.25) is 4.79 Å². The van der Waals surface area contributed by atoms with Gasteiger partial charge >= 0.3 is 12.1 Å². The number of ether oxygens (including phenoxy) is 2. The number of thiazole rings is 1. The molecule has 0 unspecified atom stereocenters. The van der Waals surface area contributed by atoms with Gasteiger partial charge in [0.1, 0.15) is 17.2 Å². The van der Waals surface area contributed by atoms with E-state index in [1.165, 1.54) is 16.9 Å². The number of rotatable bonds is 6. The number of aromatic nitrogens is 1. The molecule has 0 bridgehead atoms. The van der Waals surface area contributed by atoms with Crippen LogP contribution in [0.5, 0.6) is 0 Å². The first kappa shape index (κ1) is 19.9. The van der Waals surface area contributed by atoms with E-state index in [4.69, 9.17) is 9.47 Å². The van der Waals surface area contributed by atoms with Crippen molar-refractivity contribution in [1.29, 1.82) is 0 Å². The van der Waals surface area contributed by atoms with Crippen LogP contribution in [0.1, 0.15) is 38.4 Å². The summed E-state index contributed by atoms with van der Waals surface area (Å²) < 4.78 is 10.3. The molecule has 1 heterocycles. The summed E-state index contributed by atoms with van der Waals surface area (Å²) in [5, 5.41) is 5.29. The fourth-order valence-electron chi connectivity index (χ4n) is 2.01. The number of carbonyl (C=O) groups excluding carboxylic acids is 2. The quantitative estimate of drug-likeness (QED) is 0.769. The van der Waals surface area contributed by atoms with Gasteiger partial charge in [0.25, 0.3) is 0 Å². The minimum atomic E-state index is -0.565. The molecule has 1 amide bonds. The number of amides is 1. The van der Waals surface area contributed by atoms with Crippen LogP contribution in [0.4, 0.5) is 4.79 Å². The highest BCUT2D eigenvalue weighted by Crippen LogP contribution is 2.24. The van der Waals surface area contributed by atoms with Crippen molar-refractivity contribution in [3.63, 3.8) is 0 Å². The molecule has 0 aliphatic carbocycles. The van der Waals surface area contributed by atoms with Crippen LogP contribution in [-0.4, -0.2) is 29.2 Å². The Morgan fingerprint density at radius 3 is 2.54 bits per heavy atom. The Morgan fingerprint density at radius 2 is 1.88 bits per heavy atom. The maximum atomic E-state index is 11.8. The summed E-state index contributed by atoms with van der Waals surface area (Å²) in [6.45, 7) is 7.65. The Morgan fingerprint density at radius 1 is 1.19 bits per heavy atom. The number of benzene rings is 1. The lowest BCUT2D eigenvalue weighted by Gasteiger charge is -2.19. The monoisotopic (exact) mass is 376 g/mol. The van der Waals surface area contributed by atoms with Crippen LogP contribution in [-0.2, 0) is 20.9 Å². The van der Waals surface area contributed by atoms with Gasteiger partial charge in [0.05, 0.1) is 12.1 Å². The van der Waals surface area contributed by atoms with Gasteiger partial charge < -0.3 is 14.8 Å². The summed E-state index contributed by atoms with van der Waals surface area (Å²) in [5.41, 5.74) is 2.38. The SMILES string of the molecule is Cc1ccc(-c2nc(COC(=O)CCNC(=O)OC(C)(C)C)cs2)cc1. The molecule has 7 heteroatoms. The second kappa shape index (κ2) is 8.80. The molecule has 0 aliphatic heterocycles. The Labute approximate surface area is 157 Å². The molecule has 0 atom stereocenters. The molecule has 140 valence electrons. The number of aryl methyl sites for hydroxylation is 1. The lowest BCUT2D eigenvalue weighted by molar-refractivity contribution is -0.144. The van der Waals surface area contributed by atoms with Crippen molar-refractivity contribution in [2.24, 2.45) is 0 Å². The molecule has 0 saturated heterocycles. The maximum Gasteiger partial charge on any atom is 0.407 e. The largest absolute Gasteiger partial charge is 0.459 e. The third-order valence-corrected chi connectivity index (χ3v) is 4.17. The van der Waals surface area contributed by atoms with Gasteiger partial charge in [0, 0.05) is 17.5 Å². The van der Waals surface area contributed by atoms with Crippen molar-refractivity contribution in [1.82, 2.24) is 10.3 Å². The highest BCUT2D eigenvalue weighted by atomic mass is 32.1. The Kier molecular flexibility index (Phi) is 6.74. The van der Waals surface area contributed by atoms with Gasteiger partial charge in [-0.25, -0.2) is 9.78 Å². The lowest BCUT2D eigenvalue weighted by atomic mass is 10.2. The van der Waals surface area contributed by atoms with E-state index in [-0.39, 0.29) is 19.6 Å². The normalized spacial score (nSPS) is 11.1. The number of hydrogen-bond acceptors (Lipinski definition) is 6. The number of alkyl carbamates (subject to hydrolysis) is 1. The molecule has 0 spiro atoms. The summed E-state index contributed by atoms with van der Waals surface area (Å²) >= 11 is 1.51. The molecule has 0 saturated carbocycles. The fourth-order valence-corrected chi connectivity index (χ4v) is 2.82. The molecular weight excluding hydrogens is 352 g/mol. The highest BCUT2D eigenvalue weighted by Gasteiger charge is 2.16. The molecular formula is C19H24N2O4S. The molecule has 6 nitrogen and oxygen atoms in total. The van der Waals surface area contributed by atoms with Crippen LogP contribution in [0.15, 0.2) is 29.6 Å². The number of hydrogen-bond donors (Lipinski definition) is 1. The Bertz CT molecular complexity index is 748. The predicted molar refractivity (Wildman–Crippen MR) is 101 cm³/mol. The highest BCUT2D eigenvalue weighted by molar-refractivity contribution is 7.13. The third-order valence-electron chi connectivity index (χ3n) is 3.23. The average Bonchev–Trinajstić information content (AvgIpc) is 3.01. The summed E-state index contributed by atoms with van der Waals surface area (Å²) in [6, 6.07) is 8.11. The zero-order valence-electron chi connectivity index (χ0n) is 15.5. The van der Waals surface area contributed by atoms with Gasteiger partial charge in [-0.2, -0.15) is 0 Å². The molecule has 0 radical (unpaired) electrons. The van der Waals surface area contributed by atoms with E-state index >= 15 is 0 Å². The van der Waals surface area contributed by atoms with E-state index in [0.717, 1.165) is 10.6 Å². The molecule has 0 aliphatic rings. The third kappa shape index (κ3) is 6.84. The van der Waals surface area contributed by atoms with Crippen LogP contribution >= 0.6 is 11.3 Å². The van der Waals surface area contributed by atoms with Crippen molar-refractivity contribution >= 4 is 23.4 Å². The van der Waals surface area contributed by atoms with E-state index in [1.807, 2.05) is 36.6 Å². The number of nitrogens with zero attached hydrogens (tertiary/aromatic N) is 1. The lowest BCUT2D eigenvalue weighted by Crippen LogP contribution is -2.33. The first-order valence-corrected chi connectivity index (χ1v) is 9.25. The molecule has 1 aromatic carbocycles. The number of nitrogens with one attached hydrogen (secondary N) is 1. The predicted octanol–water partition coefficient (Wildman–Crippen LogP) is 4.08. The fraction of sp³-hybridized carbons (Fsp3) is 0.421. The number of esters is 1. The molecule has 1 N–H and O–H groups in total. The summed E-state index contributed by atoms with van der Waals surface area (Å²) in [6.07, 6.45) is -0.471. The zero-order valence-corrected chi connectivity index (χ0v) is 16.3. The minimum absolute atomic E-state index is 0.0776. The summed E-state index contributed by atoms with van der Waals surface area (Å²) in [5.74, 6) is -0.397. The van der Waals surface area contributed by atoms with Crippen molar-refractivity contribution in [3.8, 4) is 10.6 Å². The van der Waals surface area contributed by atoms with E-state index in [2.05, 4.69) is 10.3 Å². The summed E-state index contributed by atoms with van der Waals surface area (Å²) in [4.78, 5) is 27.7. The van der Waals surface area contributed by atoms with E-state index in [9.17, 15) is 9.59 Å². The van der Waals surface area contributed by atoms with Gasteiger partial charge in [-0.1, -0.05) is 29.8 Å². The van der Waals surface area contributed by atoms with Crippen molar-refractivity contribution in [2.75, 3.05) is 6.54 Å². The van der Waals surface area contributed by atoms with Crippen LogP contribution in [0, 0.1) is 6.92 Å². The molecule has 0 fully saturated rings. The van der Waals surface area contributed by atoms with Crippen molar-refractivity contribution < 1.29 is 19.1 Å². The first-order chi connectivity index (χ1) is 12.2. The standard InChI is InChI=1S/C19H24N2O4S/c1-13-5-7-14(8-6-13)17-21-15(12-26-17)11-24-16(22)9-10-20-18(23)25-19(2,3)4/h5-8,12H,9-11H2,1-4H3,(H,20,23). The smallest absolute Gasteiger partial charge is 0.407 e. The Hall–Kier alpha value is -2.41. The average molecular weight is 376 g/mol. The van der Waals surface area contributed by atoms with Crippen LogP contribution in [0.3, 0.4) is 0 Å². The molecule has 26 heavy (non-hydrogen) atoms. The topological polar surface area (TPSA) is 77.5 Å². The second-order valence-electron chi connectivity index (χ2n) is 6.85. The zero-order chi connectivity index (χ0) is 19.2. The van der Waals surface area contributed by atoms with Crippen molar-refractivity contribution in [2.45, 2.75) is 46.3 Å². The maximum absolute atomic E-state index is 11.8. The number of carbonyl (C=O) groups is 2. The minimum Gasteiger partial charge on any atom is -0.459 e. The van der Waals surface area contributed by atoms with Gasteiger partial charge in [0.15, 0.2) is 0 Å². The second-order valence-corrected chi connectivity index (χ2v) is 7.71. The van der Waals surface area contributed by atoms with Gasteiger partial charge in [-0.05, 0) is 27.7 Å². The van der Waals surface area contributed by atoms with E-state index < -0.39 is 17.7 Å². The van der Waals surface area contributed by atoms with Gasteiger partial charge in [-0.15, -0.1) is 11.3 Å². The van der Waals surface area contributed by atoms with Crippen molar-refractivity contribution in [3.05, 3.63) is 40.9 Å². The van der Waals surface area contributed by atoms with Gasteiger partial charge in [0.2, 0.25) is 0 Å². The van der Waals surface area contributed by atoms with Crippen LogP contribution in [0.2, 0.25) is 0 Å². The van der Waals surface area contributed by atoms with E-state index in [0.29, 0.717) is 5.69 Å². The molecule has 2 rings (SSSR count).